The third-order valence-electron chi connectivity index (χ3n) is 4.37. The van der Waals surface area contributed by atoms with E-state index in [-0.39, 0.29) is 5.91 Å². The van der Waals surface area contributed by atoms with Crippen LogP contribution in [-0.4, -0.2) is 18.2 Å². The first kappa shape index (κ1) is 17.6. The first-order valence-corrected chi connectivity index (χ1v) is 8.63. The molecule has 0 spiro atoms. The van der Waals surface area contributed by atoms with Gasteiger partial charge in [0.15, 0.2) is 0 Å². The molecule has 3 aromatic carbocycles. The van der Waals surface area contributed by atoms with Gasteiger partial charge in [-0.3, -0.25) is 4.79 Å². The van der Waals surface area contributed by atoms with Crippen LogP contribution in [0.1, 0.15) is 21.5 Å². The van der Waals surface area contributed by atoms with Gasteiger partial charge in [0.2, 0.25) is 0 Å². The van der Waals surface area contributed by atoms with Crippen molar-refractivity contribution in [2.45, 2.75) is 19.4 Å². The van der Waals surface area contributed by atoms with Gasteiger partial charge >= 0.3 is 0 Å². The molecular weight excluding hydrogens is 322 g/mol. The van der Waals surface area contributed by atoms with E-state index in [1.165, 1.54) is 0 Å². The Morgan fingerprint density at radius 1 is 0.923 bits per heavy atom. The van der Waals surface area contributed by atoms with E-state index in [4.69, 9.17) is 0 Å². The van der Waals surface area contributed by atoms with Gasteiger partial charge in [-0.1, -0.05) is 72.8 Å². The number of carbonyl (C=O) groups is 2. The molecule has 1 amide bonds. The first-order valence-electron chi connectivity index (χ1n) is 8.63. The van der Waals surface area contributed by atoms with Crippen LogP contribution in [0.2, 0.25) is 0 Å². The molecule has 0 saturated heterocycles. The van der Waals surface area contributed by atoms with Gasteiger partial charge in [0.25, 0.3) is 5.91 Å². The Balaban J connectivity index is 1.79. The Kier molecular flexibility index (Phi) is 5.59. The van der Waals surface area contributed by atoms with Gasteiger partial charge in [-0.2, -0.15) is 0 Å². The number of aryl methyl sites for hydroxylation is 1. The van der Waals surface area contributed by atoms with E-state index in [2.05, 4.69) is 5.32 Å². The van der Waals surface area contributed by atoms with Crippen LogP contribution in [0.4, 0.5) is 0 Å². The van der Waals surface area contributed by atoms with Crippen LogP contribution in [0, 0.1) is 6.92 Å². The Bertz CT molecular complexity index is 889. The van der Waals surface area contributed by atoms with Crippen molar-refractivity contribution in [1.29, 1.82) is 0 Å². The van der Waals surface area contributed by atoms with Crippen LogP contribution >= 0.6 is 0 Å². The number of carbonyl (C=O) groups excluding carboxylic acids is 2. The minimum atomic E-state index is -0.551. The lowest BCUT2D eigenvalue weighted by atomic mass is 9.99. The summed E-state index contributed by atoms with van der Waals surface area (Å²) in [5.74, 6) is -0.228. The summed E-state index contributed by atoms with van der Waals surface area (Å²) < 4.78 is 0. The fourth-order valence-corrected chi connectivity index (χ4v) is 2.92. The second kappa shape index (κ2) is 8.26. The number of amides is 1. The van der Waals surface area contributed by atoms with Crippen LogP contribution < -0.4 is 5.32 Å². The third kappa shape index (κ3) is 4.25. The fourth-order valence-electron chi connectivity index (χ4n) is 2.92. The summed E-state index contributed by atoms with van der Waals surface area (Å²) in [5, 5.41) is 2.84. The summed E-state index contributed by atoms with van der Waals surface area (Å²) in [6.45, 7) is 1.90. The van der Waals surface area contributed by atoms with Crippen molar-refractivity contribution >= 4 is 12.2 Å². The molecule has 0 bridgehead atoms. The van der Waals surface area contributed by atoms with Crippen molar-refractivity contribution < 1.29 is 9.59 Å². The van der Waals surface area contributed by atoms with Gasteiger partial charge < -0.3 is 10.1 Å². The normalized spacial score (nSPS) is 11.6. The smallest absolute Gasteiger partial charge is 0.252 e. The van der Waals surface area contributed by atoms with Gasteiger partial charge in [0.05, 0.1) is 6.04 Å². The largest absolute Gasteiger partial charge is 0.342 e. The molecule has 0 unspecified atom stereocenters. The van der Waals surface area contributed by atoms with Crippen LogP contribution in [-0.2, 0) is 11.2 Å². The molecule has 3 heteroatoms. The minimum Gasteiger partial charge on any atom is -0.342 e. The molecule has 0 heterocycles. The van der Waals surface area contributed by atoms with Gasteiger partial charge in [-0.25, -0.2) is 0 Å². The molecule has 0 aliphatic carbocycles. The predicted molar refractivity (Wildman–Crippen MR) is 104 cm³/mol. The highest BCUT2D eigenvalue weighted by Crippen LogP contribution is 2.22. The van der Waals surface area contributed by atoms with E-state index in [9.17, 15) is 9.59 Å². The lowest BCUT2D eigenvalue weighted by Crippen LogP contribution is -2.37. The van der Waals surface area contributed by atoms with E-state index in [0.29, 0.717) is 12.0 Å². The highest BCUT2D eigenvalue weighted by atomic mass is 16.2. The van der Waals surface area contributed by atoms with Crippen LogP contribution in [0.5, 0.6) is 0 Å². The van der Waals surface area contributed by atoms with Crippen LogP contribution in [0.25, 0.3) is 11.1 Å². The zero-order chi connectivity index (χ0) is 18.4. The summed E-state index contributed by atoms with van der Waals surface area (Å²) in [7, 11) is 0. The highest BCUT2D eigenvalue weighted by Gasteiger charge is 2.16. The zero-order valence-corrected chi connectivity index (χ0v) is 14.7. The summed E-state index contributed by atoms with van der Waals surface area (Å²) >= 11 is 0. The summed E-state index contributed by atoms with van der Waals surface area (Å²) in [4.78, 5) is 24.2. The van der Waals surface area contributed by atoms with E-state index in [0.717, 1.165) is 28.5 Å². The Labute approximate surface area is 153 Å². The van der Waals surface area contributed by atoms with Crippen LogP contribution in [0.3, 0.4) is 0 Å². The molecule has 1 atom stereocenters. The van der Waals surface area contributed by atoms with Crippen molar-refractivity contribution in [3.63, 3.8) is 0 Å². The summed E-state index contributed by atoms with van der Waals surface area (Å²) in [6, 6.07) is 24.9. The maximum absolute atomic E-state index is 12.7. The van der Waals surface area contributed by atoms with Gasteiger partial charge in [0, 0.05) is 5.56 Å². The van der Waals surface area contributed by atoms with Gasteiger partial charge in [-0.05, 0) is 41.7 Å². The fraction of sp³-hybridized carbons (Fsp3) is 0.130. The Morgan fingerprint density at radius 3 is 2.23 bits per heavy atom. The monoisotopic (exact) mass is 343 g/mol. The molecule has 3 aromatic rings. The van der Waals surface area contributed by atoms with Crippen LogP contribution in [0.15, 0.2) is 78.9 Å². The third-order valence-corrected chi connectivity index (χ3v) is 4.37. The van der Waals surface area contributed by atoms with Crippen molar-refractivity contribution in [1.82, 2.24) is 5.32 Å². The average molecular weight is 343 g/mol. The molecule has 0 saturated carbocycles. The van der Waals surface area contributed by atoms with Crippen molar-refractivity contribution in [2.24, 2.45) is 0 Å². The number of hydrogen-bond donors (Lipinski definition) is 1. The Hall–Kier alpha value is -3.20. The molecule has 0 fully saturated rings. The molecule has 3 rings (SSSR count). The van der Waals surface area contributed by atoms with E-state index in [1.54, 1.807) is 0 Å². The number of nitrogens with one attached hydrogen (secondary N) is 1. The molecule has 130 valence electrons. The summed E-state index contributed by atoms with van der Waals surface area (Å²) in [6.07, 6.45) is 1.27. The predicted octanol–water partition coefficient (Wildman–Crippen LogP) is 4.20. The average Bonchev–Trinajstić information content (AvgIpc) is 2.69. The maximum Gasteiger partial charge on any atom is 0.252 e. The second-order valence-electron chi connectivity index (χ2n) is 6.30. The van der Waals surface area contributed by atoms with Crippen molar-refractivity contribution in [3.05, 3.63) is 95.6 Å². The van der Waals surface area contributed by atoms with E-state index >= 15 is 0 Å². The molecule has 3 nitrogen and oxygen atoms in total. The molecule has 1 N–H and O–H groups in total. The van der Waals surface area contributed by atoms with Crippen molar-refractivity contribution in [3.8, 4) is 11.1 Å². The maximum atomic E-state index is 12.7. The zero-order valence-electron chi connectivity index (χ0n) is 14.7. The number of aldehydes is 1. The molecule has 26 heavy (non-hydrogen) atoms. The lowest BCUT2D eigenvalue weighted by molar-refractivity contribution is -0.109. The molecule has 0 aliphatic rings. The first-order chi connectivity index (χ1) is 12.7. The summed E-state index contributed by atoms with van der Waals surface area (Å²) in [5.41, 5.74) is 4.52. The lowest BCUT2D eigenvalue weighted by Gasteiger charge is -2.15. The van der Waals surface area contributed by atoms with Gasteiger partial charge in [0.1, 0.15) is 6.29 Å². The quantitative estimate of drug-likeness (QED) is 0.682. The SMILES string of the molecule is Cc1ccc(-c2ccccc2)cc1C(=O)N[C@H](C=O)Cc1ccccc1. The topological polar surface area (TPSA) is 46.2 Å². The van der Waals surface area contributed by atoms with E-state index in [1.807, 2.05) is 85.8 Å². The van der Waals surface area contributed by atoms with Crippen molar-refractivity contribution in [2.75, 3.05) is 0 Å². The number of hydrogen-bond acceptors (Lipinski definition) is 2. The minimum absolute atomic E-state index is 0.228. The molecule has 0 aromatic heterocycles. The molecule has 0 radical (unpaired) electrons. The standard InChI is InChI=1S/C23H21NO2/c1-17-12-13-20(19-10-6-3-7-11-19)15-22(17)23(26)24-21(16-25)14-18-8-4-2-5-9-18/h2-13,15-16,21H,14H2,1H3,(H,24,26)/t21-/m0/s1. The van der Waals surface area contributed by atoms with Gasteiger partial charge in [-0.15, -0.1) is 0 Å². The number of rotatable bonds is 6. The Morgan fingerprint density at radius 2 is 1.58 bits per heavy atom. The number of benzene rings is 3. The second-order valence-corrected chi connectivity index (χ2v) is 6.30. The highest BCUT2D eigenvalue weighted by molar-refractivity contribution is 5.98. The van der Waals surface area contributed by atoms with E-state index < -0.39 is 6.04 Å². The molecule has 0 aliphatic heterocycles. The molecular formula is C23H21NO2.